The molecule has 2 aromatic carbocycles. The molecule has 0 atom stereocenters. The summed E-state index contributed by atoms with van der Waals surface area (Å²) in [6.07, 6.45) is 11.1. The molecule has 0 unspecified atom stereocenters. The van der Waals surface area contributed by atoms with Gasteiger partial charge in [0, 0.05) is 6.42 Å². The quantitative estimate of drug-likeness (QED) is 0.0867. The normalized spacial score (nSPS) is 10.9. The predicted molar refractivity (Wildman–Crippen MR) is 143 cm³/mol. The highest BCUT2D eigenvalue weighted by molar-refractivity contribution is 5.91. The molecule has 196 valence electrons. The molecule has 2 rings (SSSR count). The molecule has 2 aromatic rings. The Morgan fingerprint density at radius 2 is 1.56 bits per heavy atom. The maximum absolute atomic E-state index is 12.6. The maximum Gasteiger partial charge on any atom is 0.343 e. The molecule has 1 amide bonds. The van der Waals surface area contributed by atoms with Gasteiger partial charge in [0.1, 0.15) is 5.75 Å². The number of amides is 1. The van der Waals surface area contributed by atoms with Crippen LogP contribution < -0.4 is 19.6 Å². The summed E-state index contributed by atoms with van der Waals surface area (Å²) in [7, 11) is 0. The van der Waals surface area contributed by atoms with Gasteiger partial charge in [-0.15, -0.1) is 0 Å². The second-order valence-corrected chi connectivity index (χ2v) is 8.57. The van der Waals surface area contributed by atoms with Crippen molar-refractivity contribution in [3.8, 4) is 17.2 Å². The van der Waals surface area contributed by atoms with Gasteiger partial charge in [-0.3, -0.25) is 4.79 Å². The van der Waals surface area contributed by atoms with Gasteiger partial charge in [-0.05, 0) is 67.8 Å². The highest BCUT2D eigenvalue weighted by atomic mass is 16.6. The number of nitrogens with zero attached hydrogens (tertiary/aromatic N) is 1. The first-order valence-corrected chi connectivity index (χ1v) is 13.1. The fraction of sp³-hybridized carbons (Fsp3) is 0.483. The van der Waals surface area contributed by atoms with E-state index in [1.165, 1.54) is 32.1 Å². The van der Waals surface area contributed by atoms with Crippen molar-refractivity contribution in [2.75, 3.05) is 13.2 Å². The molecule has 0 saturated carbocycles. The predicted octanol–water partition coefficient (Wildman–Crippen LogP) is 6.68. The molecule has 0 radical (unpaired) electrons. The van der Waals surface area contributed by atoms with Crippen LogP contribution in [0.5, 0.6) is 17.2 Å². The SMILES string of the molecule is CCCCCCCCCC(=O)N/N=C\c1ccc(OC(=O)c2ccc(OCCC)cc2)c(OCC)c1. The topological polar surface area (TPSA) is 86.2 Å². The lowest BCUT2D eigenvalue weighted by Gasteiger charge is -2.12. The first kappa shape index (κ1) is 28.9. The van der Waals surface area contributed by atoms with Crippen LogP contribution in [-0.2, 0) is 4.79 Å². The van der Waals surface area contributed by atoms with Crippen molar-refractivity contribution >= 4 is 18.1 Å². The van der Waals surface area contributed by atoms with E-state index in [9.17, 15) is 9.59 Å². The van der Waals surface area contributed by atoms with Crippen molar-refractivity contribution in [1.29, 1.82) is 0 Å². The Hall–Kier alpha value is -3.35. The number of hydrogen-bond acceptors (Lipinski definition) is 6. The van der Waals surface area contributed by atoms with Crippen LogP contribution in [0.2, 0.25) is 0 Å². The highest BCUT2D eigenvalue weighted by Crippen LogP contribution is 2.29. The molecule has 1 N–H and O–H groups in total. The van der Waals surface area contributed by atoms with Crippen molar-refractivity contribution in [3.63, 3.8) is 0 Å². The van der Waals surface area contributed by atoms with E-state index in [0.29, 0.717) is 48.0 Å². The average molecular weight is 497 g/mol. The van der Waals surface area contributed by atoms with E-state index >= 15 is 0 Å². The fourth-order valence-corrected chi connectivity index (χ4v) is 3.50. The molecule has 0 aromatic heterocycles. The minimum atomic E-state index is -0.489. The van der Waals surface area contributed by atoms with E-state index in [-0.39, 0.29) is 5.91 Å². The number of hydrogen-bond donors (Lipinski definition) is 1. The minimum absolute atomic E-state index is 0.0958. The summed E-state index contributed by atoms with van der Waals surface area (Å²) in [6.45, 7) is 7.12. The number of unbranched alkanes of at least 4 members (excludes halogenated alkanes) is 6. The average Bonchev–Trinajstić information content (AvgIpc) is 2.88. The summed E-state index contributed by atoms with van der Waals surface area (Å²) in [6, 6.07) is 12.0. The van der Waals surface area contributed by atoms with Gasteiger partial charge in [0.05, 0.1) is 25.0 Å². The Morgan fingerprint density at radius 1 is 0.833 bits per heavy atom. The Morgan fingerprint density at radius 3 is 2.25 bits per heavy atom. The molecule has 0 heterocycles. The van der Waals surface area contributed by atoms with Gasteiger partial charge in [-0.25, -0.2) is 10.2 Å². The zero-order chi connectivity index (χ0) is 26.0. The fourth-order valence-electron chi connectivity index (χ4n) is 3.50. The van der Waals surface area contributed by atoms with Gasteiger partial charge in [-0.2, -0.15) is 5.10 Å². The van der Waals surface area contributed by atoms with E-state index < -0.39 is 5.97 Å². The molecule has 0 saturated heterocycles. The largest absolute Gasteiger partial charge is 0.494 e. The van der Waals surface area contributed by atoms with E-state index in [1.807, 2.05) is 13.8 Å². The first-order chi connectivity index (χ1) is 17.6. The molecule has 0 aliphatic carbocycles. The van der Waals surface area contributed by atoms with E-state index in [4.69, 9.17) is 14.2 Å². The van der Waals surface area contributed by atoms with Gasteiger partial charge in [0.25, 0.3) is 0 Å². The lowest BCUT2D eigenvalue weighted by atomic mass is 10.1. The molecule has 0 bridgehead atoms. The smallest absolute Gasteiger partial charge is 0.343 e. The van der Waals surface area contributed by atoms with Crippen LogP contribution in [-0.4, -0.2) is 31.3 Å². The Kier molecular flexibility index (Phi) is 13.8. The van der Waals surface area contributed by atoms with Crippen molar-refractivity contribution in [1.82, 2.24) is 5.43 Å². The molecule has 0 spiro atoms. The molecule has 0 fully saturated rings. The first-order valence-electron chi connectivity index (χ1n) is 13.1. The monoisotopic (exact) mass is 496 g/mol. The summed E-state index contributed by atoms with van der Waals surface area (Å²) in [5.74, 6) is 0.862. The van der Waals surface area contributed by atoms with Crippen LogP contribution in [0.15, 0.2) is 47.6 Å². The molecular weight excluding hydrogens is 456 g/mol. The second-order valence-electron chi connectivity index (χ2n) is 8.57. The van der Waals surface area contributed by atoms with Crippen LogP contribution in [0.25, 0.3) is 0 Å². The minimum Gasteiger partial charge on any atom is -0.494 e. The zero-order valence-corrected chi connectivity index (χ0v) is 21.9. The Bertz CT molecular complexity index is 957. The number of nitrogens with one attached hydrogen (secondary N) is 1. The van der Waals surface area contributed by atoms with Crippen LogP contribution in [0.1, 0.15) is 94.5 Å². The number of carbonyl (C=O) groups is 2. The standard InChI is InChI=1S/C29H40N2O5/c1-4-7-8-9-10-11-12-13-28(32)31-30-22-23-14-19-26(27(21-23)34-6-3)36-29(33)24-15-17-25(18-16-24)35-20-5-2/h14-19,21-22H,4-13,20H2,1-3H3,(H,31,32)/b30-22-. The highest BCUT2D eigenvalue weighted by Gasteiger charge is 2.13. The number of carbonyl (C=O) groups excluding carboxylic acids is 2. The molecule has 0 aliphatic heterocycles. The van der Waals surface area contributed by atoms with Gasteiger partial charge >= 0.3 is 5.97 Å². The third-order valence-electron chi connectivity index (χ3n) is 5.44. The van der Waals surface area contributed by atoms with Crippen molar-refractivity contribution in [2.24, 2.45) is 5.10 Å². The molecular formula is C29H40N2O5. The Labute approximate surface area is 215 Å². The van der Waals surface area contributed by atoms with Crippen LogP contribution in [0, 0.1) is 0 Å². The molecule has 7 nitrogen and oxygen atoms in total. The zero-order valence-electron chi connectivity index (χ0n) is 21.9. The number of ether oxygens (including phenoxy) is 3. The molecule has 7 heteroatoms. The summed E-state index contributed by atoms with van der Waals surface area (Å²) in [5, 5.41) is 4.05. The lowest BCUT2D eigenvalue weighted by molar-refractivity contribution is -0.121. The second kappa shape index (κ2) is 17.1. The lowest BCUT2D eigenvalue weighted by Crippen LogP contribution is -2.16. The number of benzene rings is 2. The van der Waals surface area contributed by atoms with Crippen LogP contribution in [0.3, 0.4) is 0 Å². The number of hydrazone groups is 1. The summed E-state index contributed by atoms with van der Waals surface area (Å²) >= 11 is 0. The van der Waals surface area contributed by atoms with Crippen LogP contribution in [0.4, 0.5) is 0 Å². The maximum atomic E-state index is 12.6. The van der Waals surface area contributed by atoms with Crippen LogP contribution >= 0.6 is 0 Å². The van der Waals surface area contributed by atoms with Gasteiger partial charge < -0.3 is 14.2 Å². The van der Waals surface area contributed by atoms with E-state index in [0.717, 1.165) is 19.3 Å². The van der Waals surface area contributed by atoms with Gasteiger partial charge in [0.15, 0.2) is 11.5 Å². The number of esters is 1. The molecule has 0 aliphatic rings. The third-order valence-corrected chi connectivity index (χ3v) is 5.44. The summed E-state index contributed by atoms with van der Waals surface area (Å²) in [4.78, 5) is 24.6. The summed E-state index contributed by atoms with van der Waals surface area (Å²) in [5.41, 5.74) is 3.70. The number of rotatable bonds is 17. The van der Waals surface area contributed by atoms with Crippen molar-refractivity contribution in [3.05, 3.63) is 53.6 Å². The third kappa shape index (κ3) is 10.9. The van der Waals surface area contributed by atoms with Gasteiger partial charge in [0.2, 0.25) is 5.91 Å². The van der Waals surface area contributed by atoms with E-state index in [2.05, 4.69) is 17.5 Å². The molecule has 36 heavy (non-hydrogen) atoms. The van der Waals surface area contributed by atoms with Crippen molar-refractivity contribution in [2.45, 2.75) is 78.6 Å². The van der Waals surface area contributed by atoms with Gasteiger partial charge in [-0.1, -0.05) is 52.4 Å². The Balaban J connectivity index is 1.87. The van der Waals surface area contributed by atoms with Crippen molar-refractivity contribution < 1.29 is 23.8 Å². The summed E-state index contributed by atoms with van der Waals surface area (Å²) < 4.78 is 16.8. The van der Waals surface area contributed by atoms with E-state index in [1.54, 1.807) is 48.7 Å².